The van der Waals surface area contributed by atoms with Crippen LogP contribution in [0, 0.1) is 13.8 Å². The van der Waals surface area contributed by atoms with Crippen LogP contribution in [-0.2, 0) is 11.3 Å². The number of hydrogen-bond acceptors (Lipinski definition) is 7. The standard InChI is InChI=1S/C18H25N7O2/c1-4-19-15-5-6-16(22-21-15)23-7-9-24(10-8-23)17(26)11-25-12-20-14(3)13(2)18(25)27/h5-6,12H,4,7-11H2,1-3H3,(H,19,21). The maximum atomic E-state index is 12.6. The van der Waals surface area contributed by atoms with Gasteiger partial charge in [0.25, 0.3) is 5.56 Å². The van der Waals surface area contributed by atoms with E-state index >= 15 is 0 Å². The Morgan fingerprint density at radius 1 is 1.15 bits per heavy atom. The Kier molecular flexibility index (Phi) is 5.68. The minimum Gasteiger partial charge on any atom is -0.369 e. The van der Waals surface area contributed by atoms with Gasteiger partial charge in [-0.1, -0.05) is 0 Å². The summed E-state index contributed by atoms with van der Waals surface area (Å²) in [4.78, 5) is 32.9. The van der Waals surface area contributed by atoms with E-state index in [0.29, 0.717) is 37.4 Å². The number of aryl methyl sites for hydroxylation is 1. The highest BCUT2D eigenvalue weighted by atomic mass is 16.2. The summed E-state index contributed by atoms with van der Waals surface area (Å²) in [6.07, 6.45) is 1.44. The van der Waals surface area contributed by atoms with Crippen molar-refractivity contribution >= 4 is 17.5 Å². The zero-order chi connectivity index (χ0) is 19.4. The van der Waals surface area contributed by atoms with Gasteiger partial charge in [0.15, 0.2) is 5.82 Å². The summed E-state index contributed by atoms with van der Waals surface area (Å²) in [5.74, 6) is 1.48. The molecule has 2 aromatic rings. The Morgan fingerprint density at radius 3 is 2.52 bits per heavy atom. The molecule has 27 heavy (non-hydrogen) atoms. The lowest BCUT2D eigenvalue weighted by Gasteiger charge is -2.35. The third kappa shape index (κ3) is 4.24. The molecule has 9 nitrogen and oxygen atoms in total. The topological polar surface area (TPSA) is 96.2 Å². The van der Waals surface area contributed by atoms with Crippen molar-refractivity contribution in [1.29, 1.82) is 0 Å². The van der Waals surface area contributed by atoms with Gasteiger partial charge in [-0.2, -0.15) is 0 Å². The third-order valence-electron chi connectivity index (χ3n) is 4.79. The van der Waals surface area contributed by atoms with Crippen LogP contribution in [0.5, 0.6) is 0 Å². The number of piperazine rings is 1. The predicted molar refractivity (Wildman–Crippen MR) is 103 cm³/mol. The summed E-state index contributed by atoms with van der Waals surface area (Å²) in [5.41, 5.74) is 1.11. The molecule has 1 aliphatic rings. The number of anilines is 2. The largest absolute Gasteiger partial charge is 0.369 e. The van der Waals surface area contributed by atoms with Gasteiger partial charge >= 0.3 is 0 Å². The SMILES string of the molecule is CCNc1ccc(N2CCN(C(=O)Cn3cnc(C)c(C)c3=O)CC2)nn1. The second-order valence-corrected chi connectivity index (χ2v) is 6.56. The Labute approximate surface area is 158 Å². The number of hydrogen-bond donors (Lipinski definition) is 1. The summed E-state index contributed by atoms with van der Waals surface area (Å²) in [6, 6.07) is 3.84. The second kappa shape index (κ2) is 8.15. The van der Waals surface area contributed by atoms with Crippen molar-refractivity contribution in [1.82, 2.24) is 24.6 Å². The van der Waals surface area contributed by atoms with Crippen LogP contribution in [0.3, 0.4) is 0 Å². The van der Waals surface area contributed by atoms with Crippen molar-refractivity contribution in [3.8, 4) is 0 Å². The first-order chi connectivity index (χ1) is 13.0. The molecule has 0 saturated carbocycles. The maximum absolute atomic E-state index is 12.6. The normalized spacial score (nSPS) is 14.3. The van der Waals surface area contributed by atoms with E-state index in [4.69, 9.17) is 0 Å². The predicted octanol–water partition coefficient (Wildman–Crippen LogP) is 0.431. The molecule has 0 radical (unpaired) electrons. The van der Waals surface area contributed by atoms with Crippen molar-refractivity contribution in [2.75, 3.05) is 42.9 Å². The van der Waals surface area contributed by atoms with Gasteiger partial charge in [0.1, 0.15) is 12.4 Å². The number of carbonyl (C=O) groups is 1. The summed E-state index contributed by atoms with van der Waals surface area (Å²) in [5, 5.41) is 11.5. The molecule has 1 saturated heterocycles. The minimum absolute atomic E-state index is 0.0180. The second-order valence-electron chi connectivity index (χ2n) is 6.56. The van der Waals surface area contributed by atoms with Crippen molar-refractivity contribution < 1.29 is 4.79 Å². The minimum atomic E-state index is -0.162. The number of amides is 1. The lowest BCUT2D eigenvalue weighted by molar-refractivity contribution is -0.132. The number of carbonyl (C=O) groups excluding carboxylic acids is 1. The molecule has 0 spiro atoms. The molecule has 9 heteroatoms. The molecule has 1 N–H and O–H groups in total. The van der Waals surface area contributed by atoms with E-state index in [-0.39, 0.29) is 18.0 Å². The van der Waals surface area contributed by atoms with Gasteiger partial charge < -0.3 is 15.1 Å². The monoisotopic (exact) mass is 371 g/mol. The molecule has 0 aromatic carbocycles. The molecule has 1 aliphatic heterocycles. The van der Waals surface area contributed by atoms with Crippen molar-refractivity contribution in [3.63, 3.8) is 0 Å². The first-order valence-electron chi connectivity index (χ1n) is 9.12. The molecule has 2 aromatic heterocycles. The first kappa shape index (κ1) is 18.8. The van der Waals surface area contributed by atoms with Crippen LogP contribution in [0.15, 0.2) is 23.3 Å². The molecular weight excluding hydrogens is 346 g/mol. The molecular formula is C18H25N7O2. The van der Waals surface area contributed by atoms with Gasteiger partial charge in [0, 0.05) is 44.0 Å². The number of nitrogens with zero attached hydrogens (tertiary/aromatic N) is 6. The molecule has 3 rings (SSSR count). The van der Waals surface area contributed by atoms with Crippen LogP contribution in [0.25, 0.3) is 0 Å². The fourth-order valence-electron chi connectivity index (χ4n) is 2.99. The van der Waals surface area contributed by atoms with Crippen LogP contribution in [0.2, 0.25) is 0 Å². The fourth-order valence-corrected chi connectivity index (χ4v) is 2.99. The van der Waals surface area contributed by atoms with E-state index in [0.717, 1.165) is 18.2 Å². The van der Waals surface area contributed by atoms with Crippen molar-refractivity contribution in [2.24, 2.45) is 0 Å². The van der Waals surface area contributed by atoms with E-state index in [1.807, 2.05) is 19.1 Å². The molecule has 0 unspecified atom stereocenters. The number of rotatable bonds is 5. The van der Waals surface area contributed by atoms with Crippen molar-refractivity contribution in [2.45, 2.75) is 27.3 Å². The van der Waals surface area contributed by atoms with Crippen LogP contribution in [0.1, 0.15) is 18.2 Å². The Bertz CT molecular complexity index is 855. The van der Waals surface area contributed by atoms with E-state index in [1.165, 1.54) is 10.9 Å². The van der Waals surface area contributed by atoms with E-state index in [2.05, 4.69) is 25.4 Å². The van der Waals surface area contributed by atoms with Crippen molar-refractivity contribution in [3.05, 3.63) is 40.1 Å². The number of nitrogens with one attached hydrogen (secondary N) is 1. The fraction of sp³-hybridized carbons (Fsp3) is 0.500. The summed E-state index contributed by atoms with van der Waals surface area (Å²) >= 11 is 0. The van der Waals surface area contributed by atoms with Gasteiger partial charge in [-0.25, -0.2) is 4.98 Å². The highest BCUT2D eigenvalue weighted by Gasteiger charge is 2.22. The molecule has 1 fully saturated rings. The Morgan fingerprint density at radius 2 is 1.89 bits per heavy atom. The van der Waals surface area contributed by atoms with Gasteiger partial charge in [0.2, 0.25) is 5.91 Å². The zero-order valence-electron chi connectivity index (χ0n) is 16.0. The lowest BCUT2D eigenvalue weighted by atomic mass is 10.2. The van der Waals surface area contributed by atoms with E-state index in [1.54, 1.807) is 18.7 Å². The Balaban J connectivity index is 1.58. The summed E-state index contributed by atoms with van der Waals surface area (Å²) in [6.45, 7) is 8.88. The lowest BCUT2D eigenvalue weighted by Crippen LogP contribution is -2.50. The number of aromatic nitrogens is 4. The summed E-state index contributed by atoms with van der Waals surface area (Å²) < 4.78 is 1.38. The average molecular weight is 371 g/mol. The molecule has 1 amide bonds. The molecule has 0 aliphatic carbocycles. The van der Waals surface area contributed by atoms with Crippen LogP contribution >= 0.6 is 0 Å². The van der Waals surface area contributed by atoms with Gasteiger partial charge in [0.05, 0.1) is 6.33 Å². The molecule has 0 atom stereocenters. The molecule has 144 valence electrons. The van der Waals surface area contributed by atoms with Crippen LogP contribution in [0.4, 0.5) is 11.6 Å². The zero-order valence-corrected chi connectivity index (χ0v) is 16.0. The third-order valence-corrected chi connectivity index (χ3v) is 4.79. The highest BCUT2D eigenvalue weighted by molar-refractivity contribution is 5.76. The van der Waals surface area contributed by atoms with Crippen LogP contribution in [-0.4, -0.2) is 63.3 Å². The molecule has 3 heterocycles. The maximum Gasteiger partial charge on any atom is 0.256 e. The smallest absolute Gasteiger partial charge is 0.256 e. The van der Waals surface area contributed by atoms with Gasteiger partial charge in [-0.05, 0) is 32.9 Å². The first-order valence-corrected chi connectivity index (χ1v) is 9.12. The van der Waals surface area contributed by atoms with Gasteiger partial charge in [-0.15, -0.1) is 10.2 Å². The summed E-state index contributed by atoms with van der Waals surface area (Å²) in [7, 11) is 0. The average Bonchev–Trinajstić information content (AvgIpc) is 2.69. The van der Waals surface area contributed by atoms with Gasteiger partial charge in [-0.3, -0.25) is 14.2 Å². The van der Waals surface area contributed by atoms with E-state index < -0.39 is 0 Å². The van der Waals surface area contributed by atoms with E-state index in [9.17, 15) is 9.59 Å². The quantitative estimate of drug-likeness (QED) is 0.814. The Hall–Kier alpha value is -2.97. The molecule has 0 bridgehead atoms. The highest BCUT2D eigenvalue weighted by Crippen LogP contribution is 2.14. The van der Waals surface area contributed by atoms with Crippen LogP contribution < -0.4 is 15.8 Å².